The lowest BCUT2D eigenvalue weighted by molar-refractivity contribution is -0.142. The molecule has 0 bridgehead atoms. The predicted molar refractivity (Wildman–Crippen MR) is 64.6 cm³/mol. The molecular formula is C13H14N2O4. The van der Waals surface area contributed by atoms with Gasteiger partial charge in [-0.25, -0.2) is 0 Å². The first-order chi connectivity index (χ1) is 9.06. The number of carbonyl (C=O) groups is 3. The molecule has 0 aliphatic carbocycles. The smallest absolute Gasteiger partial charge is 0.255 e. The molecule has 3 aliphatic heterocycles. The number of imide groups is 1. The van der Waals surface area contributed by atoms with Gasteiger partial charge >= 0.3 is 0 Å². The Hall–Kier alpha value is -2.11. The van der Waals surface area contributed by atoms with Gasteiger partial charge in [0, 0.05) is 17.6 Å². The van der Waals surface area contributed by atoms with E-state index in [-0.39, 0.29) is 24.3 Å². The van der Waals surface area contributed by atoms with Crippen LogP contribution in [0.5, 0.6) is 0 Å². The highest BCUT2D eigenvalue weighted by atomic mass is 16.5. The first-order valence-electron chi connectivity index (χ1n) is 6.27. The molecular weight excluding hydrogens is 248 g/mol. The van der Waals surface area contributed by atoms with Gasteiger partial charge in [0.05, 0.1) is 12.8 Å². The van der Waals surface area contributed by atoms with Gasteiger partial charge in [-0.2, -0.15) is 0 Å². The largest absolute Gasteiger partial charge is 0.494 e. The molecule has 1 N–H and O–H groups in total. The number of hydrogen-bond donors (Lipinski definition) is 1. The predicted octanol–water partition coefficient (Wildman–Crippen LogP) is -0.137. The van der Waals surface area contributed by atoms with Crippen molar-refractivity contribution in [1.29, 1.82) is 0 Å². The Morgan fingerprint density at radius 1 is 1.37 bits per heavy atom. The molecule has 2 unspecified atom stereocenters. The number of amides is 3. The van der Waals surface area contributed by atoms with Crippen LogP contribution in [0.1, 0.15) is 19.8 Å². The van der Waals surface area contributed by atoms with Gasteiger partial charge in [-0.1, -0.05) is 0 Å². The molecule has 2 atom stereocenters. The molecule has 0 radical (unpaired) electrons. The van der Waals surface area contributed by atoms with E-state index >= 15 is 0 Å². The van der Waals surface area contributed by atoms with Gasteiger partial charge in [0.15, 0.2) is 0 Å². The summed E-state index contributed by atoms with van der Waals surface area (Å²) in [6.07, 6.45) is 3.87. The molecule has 3 heterocycles. The summed E-state index contributed by atoms with van der Waals surface area (Å²) in [6, 6.07) is -0.562. The first kappa shape index (κ1) is 12.0. The lowest BCUT2D eigenvalue weighted by atomic mass is 10.0. The van der Waals surface area contributed by atoms with Crippen LogP contribution < -0.4 is 5.32 Å². The number of carbonyl (C=O) groups excluding carboxylic acids is 3. The summed E-state index contributed by atoms with van der Waals surface area (Å²) in [4.78, 5) is 36.8. The fourth-order valence-electron chi connectivity index (χ4n) is 2.61. The standard InChI is InChI=1S/C13H14N2O4/c1-7-4-9-8(6-19-7)5-15(13(9)18)10-2-3-11(16)14-12(10)17/h4,6-7,10H,2-3,5H2,1H3,(H,14,16,17). The lowest BCUT2D eigenvalue weighted by Crippen LogP contribution is -2.52. The molecule has 3 rings (SSSR count). The van der Waals surface area contributed by atoms with Crippen LogP contribution in [0, 0.1) is 0 Å². The lowest BCUT2D eigenvalue weighted by Gasteiger charge is -2.28. The average Bonchev–Trinajstić information content (AvgIpc) is 2.67. The number of nitrogens with zero attached hydrogens (tertiary/aromatic N) is 1. The molecule has 2 fully saturated rings. The fourth-order valence-corrected chi connectivity index (χ4v) is 2.61. The second-order valence-corrected chi connectivity index (χ2v) is 4.96. The molecule has 3 amide bonds. The number of likely N-dealkylation sites (tertiary alicyclic amines) is 1. The number of rotatable bonds is 1. The Kier molecular flexibility index (Phi) is 2.66. The van der Waals surface area contributed by atoms with Crippen molar-refractivity contribution in [3.05, 3.63) is 23.5 Å². The average molecular weight is 262 g/mol. The van der Waals surface area contributed by atoms with Gasteiger partial charge in [0.1, 0.15) is 12.1 Å². The molecule has 3 aliphatic rings. The second kappa shape index (κ2) is 4.22. The quantitative estimate of drug-likeness (QED) is 0.667. The zero-order valence-electron chi connectivity index (χ0n) is 10.5. The van der Waals surface area contributed by atoms with E-state index < -0.39 is 11.9 Å². The SMILES string of the molecule is CC1C=C2C(=O)N(C3CCC(=O)NC3=O)CC2=CO1. The zero-order chi connectivity index (χ0) is 13.6. The Bertz CT molecular complexity index is 535. The van der Waals surface area contributed by atoms with Crippen molar-refractivity contribution in [3.63, 3.8) is 0 Å². The third-order valence-corrected chi connectivity index (χ3v) is 3.59. The number of fused-ring (bicyclic) bond motifs is 1. The van der Waals surface area contributed by atoms with E-state index in [1.807, 2.05) is 6.92 Å². The Morgan fingerprint density at radius 2 is 2.16 bits per heavy atom. The minimum Gasteiger partial charge on any atom is -0.494 e. The summed E-state index contributed by atoms with van der Waals surface area (Å²) in [5, 5.41) is 2.27. The van der Waals surface area contributed by atoms with Crippen molar-refractivity contribution >= 4 is 17.7 Å². The van der Waals surface area contributed by atoms with Crippen LogP contribution in [0.15, 0.2) is 23.5 Å². The summed E-state index contributed by atoms with van der Waals surface area (Å²) in [7, 11) is 0. The van der Waals surface area contributed by atoms with Crippen molar-refractivity contribution in [2.45, 2.75) is 31.9 Å². The van der Waals surface area contributed by atoms with E-state index in [2.05, 4.69) is 5.32 Å². The zero-order valence-corrected chi connectivity index (χ0v) is 10.5. The summed E-state index contributed by atoms with van der Waals surface area (Å²) in [6.45, 7) is 2.21. The third-order valence-electron chi connectivity index (χ3n) is 3.59. The molecule has 19 heavy (non-hydrogen) atoms. The molecule has 0 spiro atoms. The molecule has 6 heteroatoms. The number of ether oxygens (including phenoxy) is 1. The van der Waals surface area contributed by atoms with Crippen LogP contribution >= 0.6 is 0 Å². The van der Waals surface area contributed by atoms with E-state index in [4.69, 9.17) is 4.74 Å². The molecule has 0 aromatic heterocycles. The normalized spacial score (nSPS) is 30.4. The molecule has 6 nitrogen and oxygen atoms in total. The Labute approximate surface area is 110 Å². The topological polar surface area (TPSA) is 75.7 Å². The van der Waals surface area contributed by atoms with Crippen molar-refractivity contribution in [3.8, 4) is 0 Å². The molecule has 0 aromatic rings. The highest BCUT2D eigenvalue weighted by Gasteiger charge is 2.41. The van der Waals surface area contributed by atoms with Crippen LogP contribution in [-0.2, 0) is 19.1 Å². The molecule has 0 saturated carbocycles. The molecule has 100 valence electrons. The van der Waals surface area contributed by atoms with Crippen molar-refractivity contribution in [2.24, 2.45) is 0 Å². The van der Waals surface area contributed by atoms with Crippen LogP contribution in [-0.4, -0.2) is 41.3 Å². The van der Waals surface area contributed by atoms with E-state index in [1.165, 1.54) is 4.90 Å². The highest BCUT2D eigenvalue weighted by Crippen LogP contribution is 2.30. The monoisotopic (exact) mass is 262 g/mol. The summed E-state index contributed by atoms with van der Waals surface area (Å²) >= 11 is 0. The molecule has 2 saturated heterocycles. The Balaban J connectivity index is 1.84. The summed E-state index contributed by atoms with van der Waals surface area (Å²) in [5.74, 6) is -0.824. The van der Waals surface area contributed by atoms with Crippen LogP contribution in [0.25, 0.3) is 0 Å². The molecule has 0 aromatic carbocycles. The van der Waals surface area contributed by atoms with Crippen LogP contribution in [0.3, 0.4) is 0 Å². The first-order valence-corrected chi connectivity index (χ1v) is 6.27. The van der Waals surface area contributed by atoms with E-state index in [9.17, 15) is 14.4 Å². The fraction of sp³-hybridized carbons (Fsp3) is 0.462. The van der Waals surface area contributed by atoms with Crippen molar-refractivity contribution in [2.75, 3.05) is 6.54 Å². The van der Waals surface area contributed by atoms with Gasteiger partial charge < -0.3 is 9.64 Å². The maximum Gasteiger partial charge on any atom is 0.255 e. The second-order valence-electron chi connectivity index (χ2n) is 4.96. The number of hydrogen-bond acceptors (Lipinski definition) is 4. The van der Waals surface area contributed by atoms with E-state index in [0.717, 1.165) is 5.57 Å². The minimum absolute atomic E-state index is 0.135. The van der Waals surface area contributed by atoms with Gasteiger partial charge in [-0.05, 0) is 19.4 Å². The maximum absolute atomic E-state index is 12.3. The number of piperidine rings is 1. The third kappa shape index (κ3) is 1.93. The van der Waals surface area contributed by atoms with Crippen molar-refractivity contribution in [1.82, 2.24) is 10.2 Å². The van der Waals surface area contributed by atoms with Crippen LogP contribution in [0.2, 0.25) is 0 Å². The highest BCUT2D eigenvalue weighted by molar-refractivity contribution is 6.06. The van der Waals surface area contributed by atoms with Gasteiger partial charge in [-0.3, -0.25) is 19.7 Å². The summed E-state index contributed by atoms with van der Waals surface area (Å²) in [5.41, 5.74) is 1.41. The Morgan fingerprint density at radius 3 is 2.89 bits per heavy atom. The van der Waals surface area contributed by atoms with Gasteiger partial charge in [0.25, 0.3) is 5.91 Å². The van der Waals surface area contributed by atoms with E-state index in [1.54, 1.807) is 12.3 Å². The van der Waals surface area contributed by atoms with Gasteiger partial charge in [0.2, 0.25) is 11.8 Å². The maximum atomic E-state index is 12.3. The minimum atomic E-state index is -0.562. The van der Waals surface area contributed by atoms with E-state index in [0.29, 0.717) is 18.5 Å². The van der Waals surface area contributed by atoms with Gasteiger partial charge in [-0.15, -0.1) is 0 Å². The van der Waals surface area contributed by atoms with Crippen molar-refractivity contribution < 1.29 is 19.1 Å². The van der Waals surface area contributed by atoms with Crippen LogP contribution in [0.4, 0.5) is 0 Å². The number of nitrogens with one attached hydrogen (secondary N) is 1. The summed E-state index contributed by atoms with van der Waals surface area (Å²) < 4.78 is 5.35.